The minimum Gasteiger partial charge on any atom is -0.303 e. The number of benzene rings is 2. The maximum Gasteiger partial charge on any atom is 0.269 e. The molecule has 4 nitrogen and oxygen atoms in total. The minimum absolute atomic E-state index is 0.162. The first-order chi connectivity index (χ1) is 13.1. The molecule has 6 heteroatoms. The molecule has 0 unspecified atom stereocenters. The monoisotopic (exact) mass is 397 g/mol. The van der Waals surface area contributed by atoms with Crippen LogP contribution in [0, 0.1) is 5.92 Å². The second kappa shape index (κ2) is 9.06. The summed E-state index contributed by atoms with van der Waals surface area (Å²) < 4.78 is 2.27. The molecule has 0 spiro atoms. The summed E-state index contributed by atoms with van der Waals surface area (Å²) in [5.74, 6) is 0.974. The number of nitrogens with one attached hydrogen (secondary N) is 2. The number of para-hydroxylation sites is 1. The van der Waals surface area contributed by atoms with Gasteiger partial charge in [0, 0.05) is 17.0 Å². The van der Waals surface area contributed by atoms with E-state index < -0.39 is 0 Å². The Kier molecular flexibility index (Phi) is 6.53. The fourth-order valence-electron chi connectivity index (χ4n) is 2.39. The Bertz CT molecular complexity index is 901. The van der Waals surface area contributed by atoms with Gasteiger partial charge in [-0.25, -0.2) is 4.98 Å². The largest absolute Gasteiger partial charge is 0.303 e. The first kappa shape index (κ1) is 19.5. The topological polar surface area (TPSA) is 54.0 Å². The fraction of sp³-hybridized carbons (Fsp3) is 0.238. The van der Waals surface area contributed by atoms with Gasteiger partial charge in [-0.3, -0.25) is 10.2 Å². The van der Waals surface area contributed by atoms with Crippen LogP contribution in [0.1, 0.15) is 36.2 Å². The molecule has 0 fully saturated rings. The molecule has 1 aromatic heterocycles. The third-order valence-electron chi connectivity index (χ3n) is 4.40. The number of aromatic nitrogens is 1. The summed E-state index contributed by atoms with van der Waals surface area (Å²) in [6.07, 6.45) is 0.975. The van der Waals surface area contributed by atoms with Crippen LogP contribution < -0.4 is 10.9 Å². The molecule has 0 aliphatic carbocycles. The number of hydrogen-bond donors (Lipinski definition) is 2. The lowest BCUT2D eigenvalue weighted by Gasteiger charge is -2.15. The van der Waals surface area contributed by atoms with Gasteiger partial charge in [0.25, 0.3) is 5.91 Å². The van der Waals surface area contributed by atoms with Gasteiger partial charge in [-0.05, 0) is 42.2 Å². The van der Waals surface area contributed by atoms with Gasteiger partial charge in [0.1, 0.15) is 0 Å². The SMILES string of the molecule is C=C(NNC(=O)c1ccc(CSc2nc3ccccc3s2)cc1)[C@@H](C)CC. The van der Waals surface area contributed by atoms with E-state index in [1.54, 1.807) is 23.1 Å². The maximum atomic E-state index is 12.2. The van der Waals surface area contributed by atoms with Crippen molar-refractivity contribution in [3.05, 3.63) is 71.9 Å². The van der Waals surface area contributed by atoms with Gasteiger partial charge in [-0.15, -0.1) is 11.3 Å². The van der Waals surface area contributed by atoms with Crippen LogP contribution in [0.2, 0.25) is 0 Å². The van der Waals surface area contributed by atoms with E-state index in [1.807, 2.05) is 42.5 Å². The smallest absolute Gasteiger partial charge is 0.269 e. The Hall–Kier alpha value is -2.31. The van der Waals surface area contributed by atoms with Crippen molar-refractivity contribution in [2.24, 2.45) is 5.92 Å². The number of rotatable bonds is 8. The summed E-state index contributed by atoms with van der Waals surface area (Å²) in [6.45, 7) is 8.10. The van der Waals surface area contributed by atoms with Gasteiger partial charge in [0.05, 0.1) is 10.2 Å². The number of nitrogens with zero attached hydrogens (tertiary/aromatic N) is 1. The maximum absolute atomic E-state index is 12.2. The van der Waals surface area contributed by atoms with Crippen LogP contribution in [0.3, 0.4) is 0 Å². The van der Waals surface area contributed by atoms with Crippen LogP contribution in [-0.2, 0) is 5.75 Å². The van der Waals surface area contributed by atoms with Gasteiger partial charge in [0.2, 0.25) is 0 Å². The Morgan fingerprint density at radius 2 is 1.93 bits per heavy atom. The molecule has 0 saturated heterocycles. The average molecular weight is 398 g/mol. The highest BCUT2D eigenvalue weighted by Gasteiger charge is 2.09. The molecule has 0 radical (unpaired) electrons. The van der Waals surface area contributed by atoms with Crippen molar-refractivity contribution >= 4 is 39.2 Å². The Balaban J connectivity index is 1.53. The normalized spacial score (nSPS) is 11.9. The van der Waals surface area contributed by atoms with Crippen LogP contribution in [-0.4, -0.2) is 10.9 Å². The number of carbonyl (C=O) groups is 1. The zero-order valence-corrected chi connectivity index (χ0v) is 17.1. The van der Waals surface area contributed by atoms with Crippen molar-refractivity contribution in [2.45, 2.75) is 30.4 Å². The van der Waals surface area contributed by atoms with Gasteiger partial charge >= 0.3 is 0 Å². The molecule has 2 aromatic carbocycles. The van der Waals surface area contributed by atoms with Gasteiger partial charge < -0.3 is 5.43 Å². The fourth-order valence-corrected chi connectivity index (χ4v) is 4.41. The van der Waals surface area contributed by atoms with E-state index in [0.29, 0.717) is 11.5 Å². The molecular formula is C21H23N3OS2. The zero-order valence-electron chi connectivity index (χ0n) is 15.5. The molecular weight excluding hydrogens is 374 g/mol. The molecule has 1 amide bonds. The zero-order chi connectivity index (χ0) is 19.2. The lowest BCUT2D eigenvalue weighted by molar-refractivity contribution is 0.0937. The number of carbonyl (C=O) groups excluding carboxylic acids is 1. The van der Waals surface area contributed by atoms with Crippen molar-refractivity contribution in [1.82, 2.24) is 15.8 Å². The van der Waals surface area contributed by atoms with Crippen LogP contribution >= 0.6 is 23.1 Å². The van der Waals surface area contributed by atoms with Crippen molar-refractivity contribution < 1.29 is 4.79 Å². The first-order valence-electron chi connectivity index (χ1n) is 8.89. The van der Waals surface area contributed by atoms with E-state index in [1.165, 1.54) is 4.70 Å². The van der Waals surface area contributed by atoms with E-state index in [0.717, 1.165) is 33.3 Å². The molecule has 0 aliphatic rings. The summed E-state index contributed by atoms with van der Waals surface area (Å²) in [6, 6.07) is 15.8. The van der Waals surface area contributed by atoms with E-state index in [4.69, 9.17) is 0 Å². The highest BCUT2D eigenvalue weighted by molar-refractivity contribution is 8.00. The van der Waals surface area contributed by atoms with Crippen molar-refractivity contribution in [2.75, 3.05) is 0 Å². The predicted octanol–water partition coefficient (Wildman–Crippen LogP) is 5.38. The van der Waals surface area contributed by atoms with Gasteiger partial charge in [0.15, 0.2) is 4.34 Å². The van der Waals surface area contributed by atoms with Crippen LogP contribution in [0.4, 0.5) is 0 Å². The summed E-state index contributed by atoms with van der Waals surface area (Å²) in [7, 11) is 0. The highest BCUT2D eigenvalue weighted by Crippen LogP contribution is 2.31. The summed E-state index contributed by atoms with van der Waals surface area (Å²) >= 11 is 3.43. The number of amides is 1. The Labute approximate surface area is 168 Å². The summed E-state index contributed by atoms with van der Waals surface area (Å²) in [4.78, 5) is 16.9. The number of thiazole rings is 1. The van der Waals surface area contributed by atoms with Crippen molar-refractivity contribution in [3.63, 3.8) is 0 Å². The Morgan fingerprint density at radius 3 is 2.63 bits per heavy atom. The van der Waals surface area contributed by atoms with Crippen LogP contribution in [0.15, 0.2) is 65.1 Å². The third kappa shape index (κ3) is 5.11. The first-order valence-corrected chi connectivity index (χ1v) is 10.7. The van der Waals surface area contributed by atoms with E-state index >= 15 is 0 Å². The molecule has 3 aromatic rings. The molecule has 0 bridgehead atoms. The van der Waals surface area contributed by atoms with Gasteiger partial charge in [-0.2, -0.15) is 0 Å². The van der Waals surface area contributed by atoms with Crippen LogP contribution in [0.5, 0.6) is 0 Å². The second-order valence-corrected chi connectivity index (χ2v) is 8.60. The molecule has 27 heavy (non-hydrogen) atoms. The third-order valence-corrected chi connectivity index (χ3v) is 6.65. The summed E-state index contributed by atoms with van der Waals surface area (Å²) in [5.41, 5.74) is 9.24. The lowest BCUT2D eigenvalue weighted by Crippen LogP contribution is -2.37. The minimum atomic E-state index is -0.162. The number of allylic oxidation sites excluding steroid dienone is 1. The molecule has 1 heterocycles. The molecule has 140 valence electrons. The molecule has 0 saturated carbocycles. The number of hydrogen-bond acceptors (Lipinski definition) is 5. The standard InChI is InChI=1S/C21H23N3OS2/c1-4-14(2)15(3)23-24-20(25)17-11-9-16(10-12-17)13-26-21-22-18-7-5-6-8-19(18)27-21/h5-12,14,23H,3-4,13H2,1-2H3,(H,24,25)/t14-/m0/s1. The van der Waals surface area contributed by atoms with Crippen LogP contribution in [0.25, 0.3) is 10.2 Å². The number of hydrazine groups is 1. The van der Waals surface area contributed by atoms with E-state index in [2.05, 4.69) is 42.3 Å². The molecule has 0 aliphatic heterocycles. The van der Waals surface area contributed by atoms with E-state index in [9.17, 15) is 4.79 Å². The number of fused-ring (bicyclic) bond motifs is 1. The van der Waals surface area contributed by atoms with Gasteiger partial charge in [-0.1, -0.05) is 56.5 Å². The quantitative estimate of drug-likeness (QED) is 0.396. The molecule has 2 N–H and O–H groups in total. The lowest BCUT2D eigenvalue weighted by atomic mass is 10.1. The highest BCUT2D eigenvalue weighted by atomic mass is 32.2. The Morgan fingerprint density at radius 1 is 1.19 bits per heavy atom. The van der Waals surface area contributed by atoms with Crippen molar-refractivity contribution in [3.8, 4) is 0 Å². The molecule has 3 rings (SSSR count). The number of thioether (sulfide) groups is 1. The van der Waals surface area contributed by atoms with E-state index in [-0.39, 0.29) is 5.91 Å². The second-order valence-electron chi connectivity index (χ2n) is 6.35. The molecule has 1 atom stereocenters. The van der Waals surface area contributed by atoms with Crippen molar-refractivity contribution in [1.29, 1.82) is 0 Å². The summed E-state index contributed by atoms with van der Waals surface area (Å²) in [5, 5.41) is 0. The predicted molar refractivity (Wildman–Crippen MR) is 115 cm³/mol. The average Bonchev–Trinajstić information content (AvgIpc) is 3.13.